The van der Waals surface area contributed by atoms with Gasteiger partial charge >= 0.3 is 0 Å². The fourth-order valence-corrected chi connectivity index (χ4v) is 1.77. The van der Waals surface area contributed by atoms with E-state index in [2.05, 4.69) is 26.6 Å². The summed E-state index contributed by atoms with van der Waals surface area (Å²) in [5, 5.41) is 14.6. The molecule has 0 saturated carbocycles. The van der Waals surface area contributed by atoms with Crippen LogP contribution in [0, 0.1) is 12.3 Å². The third kappa shape index (κ3) is 4.21. The van der Waals surface area contributed by atoms with E-state index in [1.54, 1.807) is 6.07 Å². The van der Waals surface area contributed by atoms with Gasteiger partial charge in [-0.2, -0.15) is 10.2 Å². The highest BCUT2D eigenvalue weighted by Gasteiger charge is 2.39. The third-order valence-electron chi connectivity index (χ3n) is 3.00. The number of carbonyl (C=O) groups excluding carboxylic acids is 1. The second-order valence-electron chi connectivity index (χ2n) is 4.48. The zero-order chi connectivity index (χ0) is 13.6. The first-order chi connectivity index (χ1) is 9.24. The van der Waals surface area contributed by atoms with Crippen molar-refractivity contribution < 1.29 is 9.32 Å². The van der Waals surface area contributed by atoms with Gasteiger partial charge in [-0.1, -0.05) is 5.16 Å². The summed E-state index contributed by atoms with van der Waals surface area (Å²) < 4.78 is 4.71. The van der Waals surface area contributed by atoms with Gasteiger partial charge in [-0.25, -0.2) is 0 Å². The van der Waals surface area contributed by atoms with Gasteiger partial charge in [-0.15, -0.1) is 12.3 Å². The van der Waals surface area contributed by atoms with E-state index in [1.165, 1.54) is 6.26 Å². The summed E-state index contributed by atoms with van der Waals surface area (Å²) in [5.74, 6) is 2.57. The predicted octanol–water partition coefficient (Wildman–Crippen LogP) is 1.69. The minimum Gasteiger partial charge on any atom is -0.365 e. The molecule has 0 bridgehead atoms. The Morgan fingerprint density at radius 2 is 2.32 bits per heavy atom. The summed E-state index contributed by atoms with van der Waals surface area (Å²) in [5.41, 5.74) is 0.452. The monoisotopic (exact) mass is 260 g/mol. The van der Waals surface area contributed by atoms with Crippen molar-refractivity contribution in [3.05, 3.63) is 18.0 Å². The average molecular weight is 260 g/mol. The van der Waals surface area contributed by atoms with Crippen LogP contribution in [0.1, 0.15) is 31.4 Å². The molecule has 1 aliphatic rings. The Labute approximate surface area is 111 Å². The zero-order valence-corrected chi connectivity index (χ0v) is 10.6. The number of aromatic nitrogens is 1. The van der Waals surface area contributed by atoms with Crippen LogP contribution in [-0.4, -0.2) is 23.3 Å². The molecule has 0 spiro atoms. The van der Waals surface area contributed by atoms with Gasteiger partial charge in [-0.3, -0.25) is 4.79 Å². The van der Waals surface area contributed by atoms with Crippen LogP contribution in [0.2, 0.25) is 0 Å². The van der Waals surface area contributed by atoms with Crippen molar-refractivity contribution in [2.45, 2.75) is 37.8 Å². The second-order valence-corrected chi connectivity index (χ2v) is 4.48. The first-order valence-electron chi connectivity index (χ1n) is 6.28. The van der Waals surface area contributed by atoms with Gasteiger partial charge in [0.2, 0.25) is 5.91 Å². The number of hydrogen-bond acceptors (Lipinski definition) is 5. The molecule has 19 heavy (non-hydrogen) atoms. The molecule has 1 aliphatic heterocycles. The summed E-state index contributed by atoms with van der Waals surface area (Å²) in [6.07, 6.45) is 9.80. The molecule has 1 N–H and O–H groups in total. The van der Waals surface area contributed by atoms with Crippen LogP contribution < -0.4 is 5.32 Å². The van der Waals surface area contributed by atoms with E-state index in [9.17, 15) is 4.79 Å². The minimum absolute atomic E-state index is 0.000813. The molecule has 2 heterocycles. The van der Waals surface area contributed by atoms with Crippen LogP contribution in [0.5, 0.6) is 0 Å². The number of terminal acetylenes is 1. The molecule has 0 atom stereocenters. The normalized spacial score (nSPS) is 14.9. The molecule has 1 aromatic rings. The predicted molar refractivity (Wildman–Crippen MR) is 68.1 cm³/mol. The quantitative estimate of drug-likeness (QED) is 0.722. The van der Waals surface area contributed by atoms with Crippen LogP contribution in [0.25, 0.3) is 0 Å². The smallest absolute Gasteiger partial charge is 0.220 e. The van der Waals surface area contributed by atoms with Crippen LogP contribution in [-0.2, 0) is 11.2 Å². The van der Waals surface area contributed by atoms with Gasteiger partial charge in [0.05, 0.1) is 5.69 Å². The van der Waals surface area contributed by atoms with E-state index in [-0.39, 0.29) is 11.6 Å². The highest BCUT2D eigenvalue weighted by atomic mass is 16.5. The molecular formula is C13H16N4O2. The average Bonchev–Trinajstić information content (AvgIpc) is 3.00. The lowest BCUT2D eigenvalue weighted by Gasteiger charge is -2.08. The fourth-order valence-electron chi connectivity index (χ4n) is 1.77. The van der Waals surface area contributed by atoms with Crippen molar-refractivity contribution in [3.8, 4) is 12.3 Å². The lowest BCUT2D eigenvalue weighted by molar-refractivity contribution is -0.121. The van der Waals surface area contributed by atoms with Gasteiger partial charge in [0.25, 0.3) is 0 Å². The van der Waals surface area contributed by atoms with E-state index in [0.717, 1.165) is 12.1 Å². The Morgan fingerprint density at radius 1 is 1.47 bits per heavy atom. The molecule has 0 fully saturated rings. The number of nitrogens with one attached hydrogen (secondary N) is 1. The van der Waals surface area contributed by atoms with E-state index in [0.29, 0.717) is 32.2 Å². The van der Waals surface area contributed by atoms with Crippen LogP contribution in [0.3, 0.4) is 0 Å². The minimum atomic E-state index is -0.379. The summed E-state index contributed by atoms with van der Waals surface area (Å²) in [6.45, 7) is 0.553. The molecule has 1 amide bonds. The Kier molecular flexibility index (Phi) is 4.29. The molecule has 1 aromatic heterocycles. The van der Waals surface area contributed by atoms with Gasteiger partial charge in [0.15, 0.2) is 5.66 Å². The van der Waals surface area contributed by atoms with Gasteiger partial charge in [-0.05, 0) is 0 Å². The number of amides is 1. The van der Waals surface area contributed by atoms with Gasteiger partial charge in [0, 0.05) is 44.7 Å². The largest absolute Gasteiger partial charge is 0.365 e. The Bertz CT molecular complexity index is 481. The van der Waals surface area contributed by atoms with Crippen molar-refractivity contribution in [2.75, 3.05) is 6.54 Å². The van der Waals surface area contributed by atoms with E-state index in [1.807, 2.05) is 0 Å². The lowest BCUT2D eigenvalue weighted by Crippen LogP contribution is -2.27. The molecule has 0 unspecified atom stereocenters. The molecule has 100 valence electrons. The molecule has 0 aliphatic carbocycles. The summed E-state index contributed by atoms with van der Waals surface area (Å²) in [4.78, 5) is 11.6. The van der Waals surface area contributed by atoms with E-state index < -0.39 is 0 Å². The van der Waals surface area contributed by atoms with Gasteiger partial charge < -0.3 is 9.84 Å². The molecule has 2 rings (SSSR count). The highest BCUT2D eigenvalue weighted by Crippen LogP contribution is 2.37. The van der Waals surface area contributed by atoms with E-state index in [4.69, 9.17) is 10.9 Å². The number of carbonyl (C=O) groups is 1. The van der Waals surface area contributed by atoms with Crippen LogP contribution in [0.15, 0.2) is 27.1 Å². The number of hydrogen-bond donors (Lipinski definition) is 1. The lowest BCUT2D eigenvalue weighted by atomic mass is 10.0. The molecule has 0 saturated heterocycles. The first-order valence-corrected chi connectivity index (χ1v) is 6.28. The molecule has 6 heteroatoms. The summed E-state index contributed by atoms with van der Waals surface area (Å²) >= 11 is 0. The molecular weight excluding hydrogens is 244 g/mol. The fraction of sp³-hybridized carbons (Fsp3) is 0.538. The van der Waals surface area contributed by atoms with Crippen LogP contribution in [0.4, 0.5) is 0 Å². The standard InChI is InChI=1S/C13H16N4O2/c1-2-3-7-13(16-17-13)8-4-12(18)14-9-5-11-6-10-19-15-11/h1,6,10H,3-5,7-9H2,(H,14,18). The topological polar surface area (TPSA) is 79.9 Å². The first kappa shape index (κ1) is 13.3. The molecule has 0 radical (unpaired) electrons. The van der Waals surface area contributed by atoms with E-state index >= 15 is 0 Å². The second kappa shape index (κ2) is 6.14. The zero-order valence-electron chi connectivity index (χ0n) is 10.6. The van der Waals surface area contributed by atoms with Crippen molar-refractivity contribution in [1.29, 1.82) is 0 Å². The summed E-state index contributed by atoms with van der Waals surface area (Å²) in [6, 6.07) is 1.78. The molecule has 0 aromatic carbocycles. The Hall–Kier alpha value is -2.16. The van der Waals surface area contributed by atoms with Crippen molar-refractivity contribution in [1.82, 2.24) is 10.5 Å². The van der Waals surface area contributed by atoms with Crippen molar-refractivity contribution in [2.24, 2.45) is 10.2 Å². The third-order valence-corrected chi connectivity index (χ3v) is 3.00. The van der Waals surface area contributed by atoms with Crippen LogP contribution >= 0.6 is 0 Å². The number of rotatable bonds is 8. The maximum Gasteiger partial charge on any atom is 0.220 e. The SMILES string of the molecule is C#CCCC1(CCC(=O)NCCc2ccon2)N=N1. The van der Waals surface area contributed by atoms with Gasteiger partial charge in [0.1, 0.15) is 6.26 Å². The maximum absolute atomic E-state index is 11.6. The number of nitrogens with zero attached hydrogens (tertiary/aromatic N) is 3. The van der Waals surface area contributed by atoms with Crippen molar-refractivity contribution in [3.63, 3.8) is 0 Å². The maximum atomic E-state index is 11.6. The summed E-state index contributed by atoms with van der Waals surface area (Å²) in [7, 11) is 0. The molecule has 6 nitrogen and oxygen atoms in total. The Morgan fingerprint density at radius 3 is 2.95 bits per heavy atom. The highest BCUT2D eigenvalue weighted by molar-refractivity contribution is 5.75. The Balaban J connectivity index is 1.59. The van der Waals surface area contributed by atoms with Crippen molar-refractivity contribution >= 4 is 5.91 Å².